The summed E-state index contributed by atoms with van der Waals surface area (Å²) in [5.74, 6) is -0.264. The van der Waals surface area contributed by atoms with Crippen LogP contribution in [0.1, 0.15) is 10.4 Å². The molecule has 1 amide bonds. The largest absolute Gasteiger partial charge is 0.351 e. The van der Waals surface area contributed by atoms with Crippen molar-refractivity contribution in [1.29, 1.82) is 0 Å². The average molecular weight is 404 g/mol. The van der Waals surface area contributed by atoms with Crippen molar-refractivity contribution in [3.05, 3.63) is 83.6 Å². The van der Waals surface area contributed by atoms with Crippen molar-refractivity contribution in [2.45, 2.75) is 4.90 Å². The van der Waals surface area contributed by atoms with Crippen LogP contribution in [0.3, 0.4) is 0 Å². The van der Waals surface area contributed by atoms with Gasteiger partial charge in [-0.3, -0.25) is 4.79 Å². The van der Waals surface area contributed by atoms with E-state index in [1.54, 1.807) is 12.1 Å². The lowest BCUT2D eigenvalue weighted by atomic mass is 10.2. The smallest absolute Gasteiger partial charge is 0.251 e. The van der Waals surface area contributed by atoms with Crippen molar-refractivity contribution in [3.8, 4) is 5.69 Å². The molecule has 0 unspecified atom stereocenters. The summed E-state index contributed by atoms with van der Waals surface area (Å²) in [6.07, 6.45) is 3.84. The van der Waals surface area contributed by atoms with Gasteiger partial charge in [-0.2, -0.15) is 0 Å². The summed E-state index contributed by atoms with van der Waals surface area (Å²) in [6, 6.07) is 16.9. The molecule has 140 valence electrons. The van der Waals surface area contributed by atoms with E-state index in [1.807, 2.05) is 41.2 Å². The van der Waals surface area contributed by atoms with Crippen LogP contribution in [0.5, 0.6) is 0 Å². The molecule has 0 spiro atoms. The standard InChI is InChI=1S/C19H18ClN3O3S/c20-16-5-9-18(10-6-16)27(25,26)22-12-11-21-19(24)15-3-7-17(8-4-15)23-13-1-2-14-23/h1-10,13-14,22H,11-12H2,(H,21,24). The Bertz CT molecular complexity index is 999. The van der Waals surface area contributed by atoms with Crippen molar-refractivity contribution in [1.82, 2.24) is 14.6 Å². The van der Waals surface area contributed by atoms with Gasteiger partial charge in [0.15, 0.2) is 0 Å². The van der Waals surface area contributed by atoms with Gasteiger partial charge in [0.25, 0.3) is 5.91 Å². The number of benzene rings is 2. The van der Waals surface area contributed by atoms with Crippen LogP contribution in [-0.4, -0.2) is 32.0 Å². The summed E-state index contributed by atoms with van der Waals surface area (Å²) in [7, 11) is -3.63. The fourth-order valence-corrected chi connectivity index (χ4v) is 3.61. The normalized spacial score (nSPS) is 11.3. The minimum absolute atomic E-state index is 0.0815. The zero-order chi connectivity index (χ0) is 19.3. The molecule has 0 radical (unpaired) electrons. The number of rotatable bonds is 7. The van der Waals surface area contributed by atoms with Crippen molar-refractivity contribution in [3.63, 3.8) is 0 Å². The minimum atomic E-state index is -3.63. The Kier molecular flexibility index (Phi) is 5.95. The lowest BCUT2D eigenvalue weighted by molar-refractivity contribution is 0.0954. The molecule has 0 aliphatic carbocycles. The number of nitrogens with zero attached hydrogens (tertiary/aromatic N) is 1. The highest BCUT2D eigenvalue weighted by atomic mass is 35.5. The van der Waals surface area contributed by atoms with Gasteiger partial charge < -0.3 is 9.88 Å². The molecule has 0 aliphatic heterocycles. The zero-order valence-electron chi connectivity index (χ0n) is 14.3. The van der Waals surface area contributed by atoms with Crippen molar-refractivity contribution >= 4 is 27.5 Å². The Balaban J connectivity index is 1.50. The molecule has 0 fully saturated rings. The van der Waals surface area contributed by atoms with E-state index in [-0.39, 0.29) is 23.9 Å². The maximum atomic E-state index is 12.2. The topological polar surface area (TPSA) is 80.2 Å². The summed E-state index contributed by atoms with van der Waals surface area (Å²) in [5.41, 5.74) is 1.46. The molecule has 0 saturated heterocycles. The Morgan fingerprint density at radius 3 is 2.19 bits per heavy atom. The molecule has 2 N–H and O–H groups in total. The predicted molar refractivity (Wildman–Crippen MR) is 105 cm³/mol. The fraction of sp³-hybridized carbons (Fsp3) is 0.105. The van der Waals surface area contributed by atoms with Crippen LogP contribution in [0, 0.1) is 0 Å². The van der Waals surface area contributed by atoms with Crippen LogP contribution >= 0.6 is 11.6 Å². The number of sulfonamides is 1. The lowest BCUT2D eigenvalue weighted by Gasteiger charge is -2.09. The van der Waals surface area contributed by atoms with Gasteiger partial charge in [-0.25, -0.2) is 13.1 Å². The number of carbonyl (C=O) groups is 1. The number of amides is 1. The first-order valence-electron chi connectivity index (χ1n) is 8.22. The summed E-state index contributed by atoms with van der Waals surface area (Å²) >= 11 is 5.76. The first-order valence-corrected chi connectivity index (χ1v) is 10.1. The van der Waals surface area contributed by atoms with E-state index in [4.69, 9.17) is 11.6 Å². The second-order valence-corrected chi connectivity index (χ2v) is 7.95. The number of nitrogens with one attached hydrogen (secondary N) is 2. The first-order chi connectivity index (χ1) is 13.0. The van der Waals surface area contributed by atoms with E-state index in [0.717, 1.165) is 5.69 Å². The third-order valence-corrected chi connectivity index (χ3v) is 5.59. The second-order valence-electron chi connectivity index (χ2n) is 5.74. The van der Waals surface area contributed by atoms with Gasteiger partial charge in [0, 0.05) is 41.8 Å². The predicted octanol–water partition coefficient (Wildman–Crippen LogP) is 2.84. The second kappa shape index (κ2) is 8.39. The highest BCUT2D eigenvalue weighted by Gasteiger charge is 2.13. The van der Waals surface area contributed by atoms with Gasteiger partial charge in [0.2, 0.25) is 10.0 Å². The Hall–Kier alpha value is -2.61. The van der Waals surface area contributed by atoms with Crippen LogP contribution in [-0.2, 0) is 10.0 Å². The third-order valence-electron chi connectivity index (χ3n) is 3.86. The van der Waals surface area contributed by atoms with Crippen LogP contribution < -0.4 is 10.0 Å². The van der Waals surface area contributed by atoms with E-state index >= 15 is 0 Å². The van der Waals surface area contributed by atoms with Crippen molar-refractivity contribution in [2.75, 3.05) is 13.1 Å². The molecule has 8 heteroatoms. The quantitative estimate of drug-likeness (QED) is 0.595. The molecule has 3 rings (SSSR count). The number of halogens is 1. The number of carbonyl (C=O) groups excluding carboxylic acids is 1. The van der Waals surface area contributed by atoms with Crippen LogP contribution in [0.4, 0.5) is 0 Å². The molecule has 6 nitrogen and oxygen atoms in total. The fourth-order valence-electron chi connectivity index (χ4n) is 2.45. The van der Waals surface area contributed by atoms with E-state index in [2.05, 4.69) is 10.0 Å². The molecule has 0 saturated carbocycles. The monoisotopic (exact) mass is 403 g/mol. The van der Waals surface area contributed by atoms with Gasteiger partial charge in [-0.15, -0.1) is 0 Å². The molecule has 0 atom stereocenters. The van der Waals surface area contributed by atoms with Gasteiger partial charge in [0.05, 0.1) is 4.90 Å². The van der Waals surface area contributed by atoms with E-state index in [9.17, 15) is 13.2 Å². The van der Waals surface area contributed by atoms with E-state index < -0.39 is 10.0 Å². The van der Waals surface area contributed by atoms with Crippen LogP contribution in [0.15, 0.2) is 78.0 Å². The molecule has 0 aliphatic rings. The number of aromatic nitrogens is 1. The molecular formula is C19H18ClN3O3S. The molecule has 1 heterocycles. The Morgan fingerprint density at radius 2 is 1.56 bits per heavy atom. The minimum Gasteiger partial charge on any atom is -0.351 e. The zero-order valence-corrected chi connectivity index (χ0v) is 15.9. The molecule has 0 bridgehead atoms. The van der Waals surface area contributed by atoms with E-state index in [0.29, 0.717) is 10.6 Å². The molecule has 1 aromatic heterocycles. The number of hydrogen-bond acceptors (Lipinski definition) is 3. The van der Waals surface area contributed by atoms with Crippen molar-refractivity contribution < 1.29 is 13.2 Å². The van der Waals surface area contributed by atoms with Gasteiger partial charge in [0.1, 0.15) is 0 Å². The van der Waals surface area contributed by atoms with Crippen LogP contribution in [0.25, 0.3) is 5.69 Å². The summed E-state index contributed by atoms with van der Waals surface area (Å²) in [5, 5.41) is 3.15. The molecule has 27 heavy (non-hydrogen) atoms. The first kappa shape index (κ1) is 19.2. The molecular weight excluding hydrogens is 386 g/mol. The summed E-state index contributed by atoms with van der Waals surface area (Å²) < 4.78 is 28.7. The van der Waals surface area contributed by atoms with Gasteiger partial charge in [-0.05, 0) is 60.7 Å². The van der Waals surface area contributed by atoms with Gasteiger partial charge >= 0.3 is 0 Å². The lowest BCUT2D eigenvalue weighted by Crippen LogP contribution is -2.34. The maximum Gasteiger partial charge on any atom is 0.251 e. The highest BCUT2D eigenvalue weighted by molar-refractivity contribution is 7.89. The summed E-state index contributed by atoms with van der Waals surface area (Å²) in [4.78, 5) is 12.3. The van der Waals surface area contributed by atoms with Gasteiger partial charge in [-0.1, -0.05) is 11.6 Å². The maximum absolute atomic E-state index is 12.2. The third kappa shape index (κ3) is 4.97. The van der Waals surface area contributed by atoms with Crippen molar-refractivity contribution in [2.24, 2.45) is 0 Å². The average Bonchev–Trinajstić information content (AvgIpc) is 3.20. The molecule has 2 aromatic carbocycles. The summed E-state index contributed by atoms with van der Waals surface area (Å²) in [6.45, 7) is 0.253. The van der Waals surface area contributed by atoms with E-state index in [1.165, 1.54) is 24.3 Å². The van der Waals surface area contributed by atoms with Crippen LogP contribution in [0.2, 0.25) is 5.02 Å². The Labute approximate surface area is 162 Å². The molecule has 3 aromatic rings. The Morgan fingerprint density at radius 1 is 0.926 bits per heavy atom. The highest BCUT2D eigenvalue weighted by Crippen LogP contribution is 2.13. The SMILES string of the molecule is O=C(NCCNS(=O)(=O)c1ccc(Cl)cc1)c1ccc(-n2cccc2)cc1. The number of hydrogen-bond donors (Lipinski definition) is 2.